The van der Waals surface area contributed by atoms with Gasteiger partial charge in [-0.25, -0.2) is 8.78 Å². The molecule has 0 aliphatic carbocycles. The van der Waals surface area contributed by atoms with Gasteiger partial charge in [0.2, 0.25) is 0 Å². The van der Waals surface area contributed by atoms with Crippen LogP contribution in [0.2, 0.25) is 0 Å². The Bertz CT molecular complexity index is 348. The van der Waals surface area contributed by atoms with E-state index in [-0.39, 0.29) is 12.0 Å². The molecule has 0 aromatic heterocycles. The SMILES string of the molecule is CC(O)(CC=O)c1ccc(F)c(F)c1. The fourth-order valence-corrected chi connectivity index (χ4v) is 1.11. The highest BCUT2D eigenvalue weighted by atomic mass is 19.2. The Morgan fingerprint density at radius 1 is 1.43 bits per heavy atom. The second kappa shape index (κ2) is 3.84. The van der Waals surface area contributed by atoms with Gasteiger partial charge in [-0.05, 0) is 24.6 Å². The first-order valence-electron chi connectivity index (χ1n) is 4.09. The standard InChI is InChI=1S/C10H10F2O2/c1-10(14,4-5-13)7-2-3-8(11)9(12)6-7/h2-3,5-6,14H,4H2,1H3. The van der Waals surface area contributed by atoms with Crippen molar-refractivity contribution < 1.29 is 18.7 Å². The number of aldehydes is 1. The largest absolute Gasteiger partial charge is 0.385 e. The number of rotatable bonds is 3. The molecule has 0 aliphatic heterocycles. The predicted molar refractivity (Wildman–Crippen MR) is 46.6 cm³/mol. The third-order valence-corrected chi connectivity index (χ3v) is 2.02. The molecule has 1 aromatic rings. The average molecular weight is 200 g/mol. The quantitative estimate of drug-likeness (QED) is 0.755. The number of carbonyl (C=O) groups excluding carboxylic acids is 1. The van der Waals surface area contributed by atoms with Crippen molar-refractivity contribution in [1.29, 1.82) is 0 Å². The van der Waals surface area contributed by atoms with Gasteiger partial charge in [-0.15, -0.1) is 0 Å². The lowest BCUT2D eigenvalue weighted by Gasteiger charge is -2.20. The Kier molecular flexibility index (Phi) is 2.96. The van der Waals surface area contributed by atoms with Crippen LogP contribution in [0.15, 0.2) is 18.2 Å². The smallest absolute Gasteiger partial charge is 0.159 e. The summed E-state index contributed by atoms with van der Waals surface area (Å²) in [5.74, 6) is -2.01. The topological polar surface area (TPSA) is 37.3 Å². The van der Waals surface area contributed by atoms with Crippen LogP contribution in [0.25, 0.3) is 0 Å². The summed E-state index contributed by atoms with van der Waals surface area (Å²) in [5.41, 5.74) is -1.26. The molecule has 0 radical (unpaired) electrons. The van der Waals surface area contributed by atoms with Crippen LogP contribution in [-0.2, 0) is 10.4 Å². The lowest BCUT2D eigenvalue weighted by molar-refractivity contribution is -0.112. The summed E-state index contributed by atoms with van der Waals surface area (Å²) in [6.45, 7) is 1.37. The second-order valence-electron chi connectivity index (χ2n) is 3.27. The zero-order valence-electron chi connectivity index (χ0n) is 7.63. The van der Waals surface area contributed by atoms with Crippen LogP contribution >= 0.6 is 0 Å². The first kappa shape index (κ1) is 10.8. The molecule has 1 rings (SSSR count). The highest BCUT2D eigenvalue weighted by molar-refractivity contribution is 5.52. The lowest BCUT2D eigenvalue weighted by atomic mass is 9.93. The number of halogens is 2. The fourth-order valence-electron chi connectivity index (χ4n) is 1.11. The Balaban J connectivity index is 3.07. The molecule has 1 aromatic carbocycles. The maximum absolute atomic E-state index is 12.8. The monoisotopic (exact) mass is 200 g/mol. The van der Waals surface area contributed by atoms with Gasteiger partial charge in [0.15, 0.2) is 11.6 Å². The minimum Gasteiger partial charge on any atom is -0.385 e. The van der Waals surface area contributed by atoms with E-state index >= 15 is 0 Å². The summed E-state index contributed by atoms with van der Waals surface area (Å²) in [6.07, 6.45) is 0.374. The Labute approximate surface area is 80.2 Å². The van der Waals surface area contributed by atoms with E-state index < -0.39 is 17.2 Å². The van der Waals surface area contributed by atoms with Crippen LogP contribution in [0.5, 0.6) is 0 Å². The molecule has 1 atom stereocenters. The van der Waals surface area contributed by atoms with Crippen LogP contribution in [0.1, 0.15) is 18.9 Å². The van der Waals surface area contributed by atoms with Crippen molar-refractivity contribution in [2.75, 3.05) is 0 Å². The summed E-state index contributed by atoms with van der Waals surface area (Å²) in [7, 11) is 0. The van der Waals surface area contributed by atoms with Crippen molar-refractivity contribution in [2.45, 2.75) is 18.9 Å². The van der Waals surface area contributed by atoms with Gasteiger partial charge < -0.3 is 9.90 Å². The fraction of sp³-hybridized carbons (Fsp3) is 0.300. The van der Waals surface area contributed by atoms with Crippen molar-refractivity contribution in [3.05, 3.63) is 35.4 Å². The highest BCUT2D eigenvalue weighted by Crippen LogP contribution is 2.24. The van der Waals surface area contributed by atoms with Gasteiger partial charge in [0, 0.05) is 6.42 Å². The molecule has 0 fully saturated rings. The molecule has 4 heteroatoms. The van der Waals surface area contributed by atoms with E-state index in [4.69, 9.17) is 0 Å². The molecule has 0 amide bonds. The Hall–Kier alpha value is -1.29. The van der Waals surface area contributed by atoms with Gasteiger partial charge in [-0.2, -0.15) is 0 Å². The molecule has 0 heterocycles. The molecule has 0 spiro atoms. The average Bonchev–Trinajstić information content (AvgIpc) is 2.09. The number of aliphatic hydroxyl groups is 1. The first-order chi connectivity index (χ1) is 6.47. The molecular formula is C10H10F2O2. The van der Waals surface area contributed by atoms with Gasteiger partial charge in [-0.1, -0.05) is 6.07 Å². The Morgan fingerprint density at radius 3 is 2.57 bits per heavy atom. The predicted octanol–water partition coefficient (Wildman–Crippen LogP) is 1.76. The number of benzene rings is 1. The minimum absolute atomic E-state index is 0.155. The third kappa shape index (κ3) is 2.14. The molecule has 1 N–H and O–H groups in total. The number of hydrogen-bond acceptors (Lipinski definition) is 2. The molecule has 2 nitrogen and oxygen atoms in total. The maximum Gasteiger partial charge on any atom is 0.159 e. The van der Waals surface area contributed by atoms with E-state index in [1.807, 2.05) is 0 Å². The lowest BCUT2D eigenvalue weighted by Crippen LogP contribution is -2.21. The summed E-state index contributed by atoms with van der Waals surface area (Å²) in [5, 5.41) is 9.68. The van der Waals surface area contributed by atoms with Crippen molar-refractivity contribution in [3.8, 4) is 0 Å². The van der Waals surface area contributed by atoms with E-state index in [2.05, 4.69) is 0 Å². The molecule has 76 valence electrons. The van der Waals surface area contributed by atoms with Crippen molar-refractivity contribution >= 4 is 6.29 Å². The van der Waals surface area contributed by atoms with Crippen molar-refractivity contribution in [2.24, 2.45) is 0 Å². The van der Waals surface area contributed by atoms with Gasteiger partial charge in [-0.3, -0.25) is 0 Å². The van der Waals surface area contributed by atoms with Gasteiger partial charge in [0.25, 0.3) is 0 Å². The van der Waals surface area contributed by atoms with Crippen LogP contribution < -0.4 is 0 Å². The van der Waals surface area contributed by atoms with E-state index in [0.29, 0.717) is 6.29 Å². The van der Waals surface area contributed by atoms with Gasteiger partial charge in [0.1, 0.15) is 6.29 Å². The molecule has 0 saturated carbocycles. The van der Waals surface area contributed by atoms with E-state index in [1.54, 1.807) is 0 Å². The summed E-state index contributed by atoms with van der Waals surface area (Å²) >= 11 is 0. The zero-order valence-corrected chi connectivity index (χ0v) is 7.63. The number of hydrogen-bond donors (Lipinski definition) is 1. The van der Waals surface area contributed by atoms with Gasteiger partial charge in [0.05, 0.1) is 5.60 Å². The first-order valence-corrected chi connectivity index (χ1v) is 4.09. The van der Waals surface area contributed by atoms with E-state index in [0.717, 1.165) is 12.1 Å². The molecule has 0 bridgehead atoms. The zero-order chi connectivity index (χ0) is 10.8. The van der Waals surface area contributed by atoms with Crippen LogP contribution in [-0.4, -0.2) is 11.4 Å². The molecule has 14 heavy (non-hydrogen) atoms. The summed E-state index contributed by atoms with van der Waals surface area (Å²) < 4.78 is 25.3. The van der Waals surface area contributed by atoms with E-state index in [9.17, 15) is 18.7 Å². The van der Waals surface area contributed by atoms with E-state index in [1.165, 1.54) is 13.0 Å². The normalized spacial score (nSPS) is 14.9. The summed E-state index contributed by atoms with van der Waals surface area (Å²) in [4.78, 5) is 10.2. The third-order valence-electron chi connectivity index (χ3n) is 2.02. The minimum atomic E-state index is -1.45. The molecular weight excluding hydrogens is 190 g/mol. The molecule has 0 aliphatic rings. The summed E-state index contributed by atoms with van der Waals surface area (Å²) in [6, 6.07) is 3.06. The van der Waals surface area contributed by atoms with Gasteiger partial charge >= 0.3 is 0 Å². The second-order valence-corrected chi connectivity index (χ2v) is 3.27. The van der Waals surface area contributed by atoms with Crippen LogP contribution in [0.3, 0.4) is 0 Å². The molecule has 0 saturated heterocycles. The Morgan fingerprint density at radius 2 is 2.07 bits per heavy atom. The molecule has 1 unspecified atom stereocenters. The van der Waals surface area contributed by atoms with Crippen LogP contribution in [0, 0.1) is 11.6 Å². The van der Waals surface area contributed by atoms with Crippen LogP contribution in [0.4, 0.5) is 8.78 Å². The maximum atomic E-state index is 12.8. The van der Waals surface area contributed by atoms with Crippen molar-refractivity contribution in [1.82, 2.24) is 0 Å². The number of carbonyl (C=O) groups is 1. The van der Waals surface area contributed by atoms with Crippen molar-refractivity contribution in [3.63, 3.8) is 0 Å². The highest BCUT2D eigenvalue weighted by Gasteiger charge is 2.23.